The van der Waals surface area contributed by atoms with E-state index in [1.54, 1.807) is 0 Å². The zero-order valence-electron chi connectivity index (χ0n) is 5.76. The van der Waals surface area contributed by atoms with Gasteiger partial charge in [-0.3, -0.25) is 0 Å². The van der Waals surface area contributed by atoms with E-state index in [1.165, 1.54) is 24.6 Å². The molecule has 1 nitrogen and oxygen atoms in total. The summed E-state index contributed by atoms with van der Waals surface area (Å²) < 4.78 is -0.130. The summed E-state index contributed by atoms with van der Waals surface area (Å²) in [7, 11) is 0. The Morgan fingerprint density at radius 2 is 2.00 bits per heavy atom. The third-order valence-electron chi connectivity index (χ3n) is 1.92. The van der Waals surface area contributed by atoms with Crippen molar-refractivity contribution in [2.75, 3.05) is 0 Å². The second-order valence-electron chi connectivity index (χ2n) is 2.54. The maximum Gasteiger partial charge on any atom is 0.134 e. The van der Waals surface area contributed by atoms with E-state index in [2.05, 4.69) is 11.3 Å². The van der Waals surface area contributed by atoms with Crippen molar-refractivity contribution in [3.63, 3.8) is 0 Å². The molecule has 0 amide bonds. The molecule has 0 aromatic rings. The lowest BCUT2D eigenvalue weighted by Gasteiger charge is -2.15. The summed E-state index contributed by atoms with van der Waals surface area (Å²) in [4.78, 5) is 0. The van der Waals surface area contributed by atoms with Crippen molar-refractivity contribution in [2.24, 2.45) is 0 Å². The molecule has 1 aliphatic rings. The minimum atomic E-state index is -0.130. The minimum absolute atomic E-state index is 0.130. The number of thiocyanates is 1. The first-order valence-corrected chi connectivity index (χ1v) is 4.19. The van der Waals surface area contributed by atoms with Crippen LogP contribution in [0.3, 0.4) is 0 Å². The van der Waals surface area contributed by atoms with Gasteiger partial charge in [0.05, 0.1) is 4.75 Å². The molecule has 0 unspecified atom stereocenters. The van der Waals surface area contributed by atoms with Crippen LogP contribution >= 0.6 is 11.8 Å². The monoisotopic (exact) mass is 151 g/mol. The average Bonchev–Trinajstić information content (AvgIpc) is 2.39. The summed E-state index contributed by atoms with van der Waals surface area (Å²) in [5.74, 6) is 2.72. The van der Waals surface area contributed by atoms with Gasteiger partial charge in [-0.05, 0) is 24.6 Å². The van der Waals surface area contributed by atoms with Gasteiger partial charge in [-0.1, -0.05) is 18.8 Å². The number of hydrogen-bond acceptors (Lipinski definition) is 2. The lowest BCUT2D eigenvalue weighted by atomic mass is 10.1. The predicted molar refractivity (Wildman–Crippen MR) is 43.2 cm³/mol. The lowest BCUT2D eigenvalue weighted by Crippen LogP contribution is -2.15. The van der Waals surface area contributed by atoms with Gasteiger partial charge in [-0.2, -0.15) is 5.26 Å². The fourth-order valence-corrected chi connectivity index (χ4v) is 2.04. The molecule has 0 aliphatic heterocycles. The minimum Gasteiger partial charge on any atom is -0.185 e. The summed E-state index contributed by atoms with van der Waals surface area (Å²) in [5.41, 5.74) is 0. The van der Waals surface area contributed by atoms with Crippen LogP contribution in [0.2, 0.25) is 0 Å². The Hall–Kier alpha value is -0.600. The zero-order valence-corrected chi connectivity index (χ0v) is 6.58. The van der Waals surface area contributed by atoms with Crippen LogP contribution in [0.4, 0.5) is 0 Å². The molecule has 1 saturated carbocycles. The molecule has 1 fully saturated rings. The van der Waals surface area contributed by atoms with Crippen LogP contribution in [0, 0.1) is 23.0 Å². The van der Waals surface area contributed by atoms with Crippen LogP contribution in [-0.4, -0.2) is 4.75 Å². The van der Waals surface area contributed by atoms with Gasteiger partial charge < -0.3 is 0 Å². The third-order valence-corrected chi connectivity index (χ3v) is 2.92. The van der Waals surface area contributed by atoms with Crippen LogP contribution in [-0.2, 0) is 0 Å². The first-order chi connectivity index (χ1) is 4.83. The molecular formula is C8H9NS. The van der Waals surface area contributed by atoms with E-state index < -0.39 is 0 Å². The van der Waals surface area contributed by atoms with E-state index in [4.69, 9.17) is 11.7 Å². The summed E-state index contributed by atoms with van der Waals surface area (Å²) in [6.07, 6.45) is 9.72. The van der Waals surface area contributed by atoms with Gasteiger partial charge in [0.25, 0.3) is 0 Å². The Bertz CT molecular complexity index is 190. The second kappa shape index (κ2) is 2.99. The molecule has 1 rings (SSSR count). The van der Waals surface area contributed by atoms with Crippen molar-refractivity contribution in [3.05, 3.63) is 0 Å². The van der Waals surface area contributed by atoms with E-state index in [1.807, 2.05) is 0 Å². The van der Waals surface area contributed by atoms with E-state index >= 15 is 0 Å². The van der Waals surface area contributed by atoms with Crippen molar-refractivity contribution in [2.45, 2.75) is 30.4 Å². The van der Waals surface area contributed by atoms with E-state index in [0.29, 0.717) is 0 Å². The number of hydrogen-bond donors (Lipinski definition) is 0. The Morgan fingerprint density at radius 3 is 2.40 bits per heavy atom. The maximum absolute atomic E-state index is 8.44. The SMILES string of the molecule is C#CC1(SC#N)CCCC1. The Morgan fingerprint density at radius 1 is 1.40 bits per heavy atom. The van der Waals surface area contributed by atoms with E-state index in [0.717, 1.165) is 12.8 Å². The van der Waals surface area contributed by atoms with Crippen molar-refractivity contribution >= 4 is 11.8 Å². The van der Waals surface area contributed by atoms with E-state index in [-0.39, 0.29) is 4.75 Å². The molecule has 0 spiro atoms. The van der Waals surface area contributed by atoms with Crippen LogP contribution in [0.15, 0.2) is 0 Å². The molecule has 52 valence electrons. The first kappa shape index (κ1) is 7.51. The van der Waals surface area contributed by atoms with Crippen molar-refractivity contribution in [1.82, 2.24) is 0 Å². The highest BCUT2D eigenvalue weighted by atomic mass is 32.2. The quantitative estimate of drug-likeness (QED) is 0.423. The van der Waals surface area contributed by atoms with Crippen molar-refractivity contribution < 1.29 is 0 Å². The Kier molecular flexibility index (Phi) is 2.25. The number of nitrogens with zero attached hydrogens (tertiary/aromatic N) is 1. The normalized spacial score (nSPS) is 21.4. The fraction of sp³-hybridized carbons (Fsp3) is 0.625. The molecule has 0 bridgehead atoms. The van der Waals surface area contributed by atoms with Crippen molar-refractivity contribution in [1.29, 1.82) is 5.26 Å². The molecule has 0 radical (unpaired) electrons. The number of thioether (sulfide) groups is 1. The highest BCUT2D eigenvalue weighted by molar-refractivity contribution is 8.05. The molecular weight excluding hydrogens is 142 g/mol. The summed E-state index contributed by atoms with van der Waals surface area (Å²) >= 11 is 1.26. The average molecular weight is 151 g/mol. The maximum atomic E-state index is 8.44. The van der Waals surface area contributed by atoms with Crippen LogP contribution in [0.25, 0.3) is 0 Å². The Labute approximate surface area is 65.8 Å². The molecule has 0 aromatic carbocycles. The van der Waals surface area contributed by atoms with Gasteiger partial charge >= 0.3 is 0 Å². The molecule has 2 heteroatoms. The van der Waals surface area contributed by atoms with Crippen molar-refractivity contribution in [3.8, 4) is 17.7 Å². The van der Waals surface area contributed by atoms with E-state index in [9.17, 15) is 0 Å². The fourth-order valence-electron chi connectivity index (χ4n) is 1.31. The second-order valence-corrected chi connectivity index (χ2v) is 3.71. The van der Waals surface area contributed by atoms with Crippen LogP contribution in [0.5, 0.6) is 0 Å². The molecule has 0 atom stereocenters. The van der Waals surface area contributed by atoms with Gasteiger partial charge in [-0.15, -0.1) is 6.42 Å². The molecule has 0 aromatic heterocycles. The largest absolute Gasteiger partial charge is 0.185 e. The van der Waals surface area contributed by atoms with Gasteiger partial charge in [-0.25, -0.2) is 0 Å². The summed E-state index contributed by atoms with van der Waals surface area (Å²) in [5, 5.41) is 10.5. The summed E-state index contributed by atoms with van der Waals surface area (Å²) in [6, 6.07) is 0. The lowest BCUT2D eigenvalue weighted by molar-refractivity contribution is 0.776. The molecule has 0 heterocycles. The van der Waals surface area contributed by atoms with Gasteiger partial charge in [0.15, 0.2) is 0 Å². The predicted octanol–water partition coefficient (Wildman–Crippen LogP) is 2.15. The number of rotatable bonds is 1. The smallest absolute Gasteiger partial charge is 0.134 e. The van der Waals surface area contributed by atoms with Crippen LogP contribution in [0.1, 0.15) is 25.7 Å². The molecule has 10 heavy (non-hydrogen) atoms. The van der Waals surface area contributed by atoms with Gasteiger partial charge in [0.2, 0.25) is 0 Å². The highest BCUT2D eigenvalue weighted by Gasteiger charge is 2.32. The standard InChI is InChI=1S/C8H9NS/c1-2-8(10-7-9)5-3-4-6-8/h1H,3-6H2. The highest BCUT2D eigenvalue weighted by Crippen LogP contribution is 2.40. The van der Waals surface area contributed by atoms with Gasteiger partial charge in [0.1, 0.15) is 5.40 Å². The first-order valence-electron chi connectivity index (χ1n) is 3.38. The Balaban J connectivity index is 2.62. The topological polar surface area (TPSA) is 23.8 Å². The third kappa shape index (κ3) is 1.28. The molecule has 0 saturated heterocycles. The zero-order chi connectivity index (χ0) is 7.45. The number of nitriles is 1. The van der Waals surface area contributed by atoms with Crippen LogP contribution < -0.4 is 0 Å². The molecule has 1 aliphatic carbocycles. The molecule has 0 N–H and O–H groups in total. The van der Waals surface area contributed by atoms with Gasteiger partial charge in [0, 0.05) is 0 Å². The number of terminal acetylenes is 1. The summed E-state index contributed by atoms with van der Waals surface area (Å²) in [6.45, 7) is 0.